The first kappa shape index (κ1) is 18.5. The van der Waals surface area contributed by atoms with E-state index in [1.807, 2.05) is 29.3 Å². The fraction of sp³-hybridized carbons (Fsp3) is 0.524. The van der Waals surface area contributed by atoms with Crippen LogP contribution in [0, 0.1) is 11.3 Å². The lowest BCUT2D eigenvalue weighted by Gasteiger charge is -2.36. The summed E-state index contributed by atoms with van der Waals surface area (Å²) in [4.78, 5) is 30.6. The number of amides is 2. The van der Waals surface area contributed by atoms with Gasteiger partial charge in [-0.25, -0.2) is 0 Å². The van der Waals surface area contributed by atoms with Gasteiger partial charge in [-0.3, -0.25) is 9.59 Å². The van der Waals surface area contributed by atoms with Crippen molar-refractivity contribution in [2.75, 3.05) is 19.6 Å². The monoisotopic (exact) mass is 355 g/mol. The summed E-state index contributed by atoms with van der Waals surface area (Å²) in [5, 5.41) is 4.14. The van der Waals surface area contributed by atoms with Crippen LogP contribution in [0.5, 0.6) is 0 Å². The summed E-state index contributed by atoms with van der Waals surface area (Å²) in [6.45, 7) is 7.66. The second kappa shape index (κ2) is 7.52. The van der Waals surface area contributed by atoms with Crippen molar-refractivity contribution in [3.8, 4) is 0 Å². The molecule has 5 heteroatoms. The summed E-state index contributed by atoms with van der Waals surface area (Å²) in [6, 6.07) is 8.13. The molecule has 1 atom stereocenters. The molecule has 2 N–H and O–H groups in total. The van der Waals surface area contributed by atoms with Gasteiger partial charge in [0.25, 0.3) is 0 Å². The second-order valence-corrected chi connectivity index (χ2v) is 7.99. The topological polar surface area (TPSA) is 65.2 Å². The predicted octanol–water partition coefficient (Wildman–Crippen LogP) is 3.11. The first-order chi connectivity index (χ1) is 12.4. The van der Waals surface area contributed by atoms with E-state index in [1.54, 1.807) is 13.8 Å². The van der Waals surface area contributed by atoms with Crippen LogP contribution < -0.4 is 5.32 Å². The number of nitrogens with zero attached hydrogens (tertiary/aromatic N) is 1. The van der Waals surface area contributed by atoms with Crippen molar-refractivity contribution in [3.63, 3.8) is 0 Å². The third kappa shape index (κ3) is 3.76. The Morgan fingerprint density at radius 1 is 1.31 bits per heavy atom. The number of carbonyl (C=O) groups excluding carboxylic acids is 2. The maximum Gasteiger partial charge on any atom is 0.237 e. The minimum atomic E-state index is -1.03. The molecule has 3 rings (SSSR count). The van der Waals surface area contributed by atoms with Gasteiger partial charge < -0.3 is 15.2 Å². The van der Waals surface area contributed by atoms with Crippen LogP contribution >= 0.6 is 0 Å². The summed E-state index contributed by atoms with van der Waals surface area (Å²) < 4.78 is 0. The first-order valence-corrected chi connectivity index (χ1v) is 9.52. The quantitative estimate of drug-likeness (QED) is 0.810. The highest BCUT2D eigenvalue weighted by Gasteiger charge is 2.39. The number of nitrogens with one attached hydrogen (secondary N) is 2. The van der Waals surface area contributed by atoms with E-state index in [0.717, 1.165) is 37.9 Å². The average molecular weight is 355 g/mol. The van der Waals surface area contributed by atoms with Crippen LogP contribution in [0.15, 0.2) is 30.5 Å². The highest BCUT2D eigenvalue weighted by molar-refractivity contribution is 6.04. The van der Waals surface area contributed by atoms with Crippen molar-refractivity contribution in [2.45, 2.75) is 40.0 Å². The summed E-state index contributed by atoms with van der Waals surface area (Å²) >= 11 is 0. The van der Waals surface area contributed by atoms with E-state index in [-0.39, 0.29) is 11.8 Å². The minimum absolute atomic E-state index is 0.0614. The number of aromatic nitrogens is 1. The molecule has 1 saturated heterocycles. The number of piperidine rings is 1. The summed E-state index contributed by atoms with van der Waals surface area (Å²) in [7, 11) is 0. The molecule has 1 aromatic heterocycles. The van der Waals surface area contributed by atoms with Gasteiger partial charge in [0.2, 0.25) is 11.8 Å². The molecule has 0 saturated carbocycles. The van der Waals surface area contributed by atoms with Gasteiger partial charge in [-0.2, -0.15) is 0 Å². The normalized spacial score (nSPS) is 18.1. The first-order valence-electron chi connectivity index (χ1n) is 9.52. The minimum Gasteiger partial charge on any atom is -0.361 e. The Labute approximate surface area is 155 Å². The van der Waals surface area contributed by atoms with Crippen LogP contribution in [0.3, 0.4) is 0 Å². The Hall–Kier alpha value is -2.30. The van der Waals surface area contributed by atoms with Gasteiger partial charge in [0.05, 0.1) is 0 Å². The molecular weight excluding hydrogens is 326 g/mol. The number of carbonyl (C=O) groups is 2. The fourth-order valence-electron chi connectivity index (χ4n) is 3.74. The maximum absolute atomic E-state index is 12.8. The standard InChI is InChI=1S/C21H29N3O2/c1-15-7-6-12-24(14-15)20(26)21(2,3)19(25)22-11-10-16-13-23-18-9-5-4-8-17(16)18/h4-5,8-9,13,15,23H,6-7,10-12,14H2,1-3H3,(H,22,25). The van der Waals surface area contributed by atoms with Crippen molar-refractivity contribution < 1.29 is 9.59 Å². The Morgan fingerprint density at radius 3 is 2.85 bits per heavy atom. The zero-order chi connectivity index (χ0) is 18.7. The number of hydrogen-bond donors (Lipinski definition) is 2. The second-order valence-electron chi connectivity index (χ2n) is 7.99. The smallest absolute Gasteiger partial charge is 0.237 e. The van der Waals surface area contributed by atoms with Gasteiger partial charge in [-0.1, -0.05) is 25.1 Å². The molecule has 140 valence electrons. The molecule has 2 amide bonds. The summed E-state index contributed by atoms with van der Waals surface area (Å²) in [5.41, 5.74) is 1.25. The number of hydrogen-bond acceptors (Lipinski definition) is 2. The summed E-state index contributed by atoms with van der Waals surface area (Å²) in [6.07, 6.45) is 4.90. The molecule has 0 aliphatic carbocycles. The highest BCUT2D eigenvalue weighted by atomic mass is 16.2. The van der Waals surface area contributed by atoms with Crippen LogP contribution in [-0.4, -0.2) is 41.3 Å². The predicted molar refractivity (Wildman–Crippen MR) is 104 cm³/mol. The van der Waals surface area contributed by atoms with Crippen molar-refractivity contribution in [2.24, 2.45) is 11.3 Å². The van der Waals surface area contributed by atoms with Gasteiger partial charge in [0, 0.05) is 36.7 Å². The average Bonchev–Trinajstić information content (AvgIpc) is 3.04. The Balaban J connectivity index is 1.57. The Bertz CT molecular complexity index is 793. The lowest BCUT2D eigenvalue weighted by molar-refractivity contribution is -0.149. The third-order valence-corrected chi connectivity index (χ3v) is 5.40. The SMILES string of the molecule is CC1CCCN(C(=O)C(C)(C)C(=O)NCCc2c[nH]c3ccccc23)C1. The van der Waals surface area contributed by atoms with Gasteiger partial charge >= 0.3 is 0 Å². The largest absolute Gasteiger partial charge is 0.361 e. The van der Waals surface area contributed by atoms with Crippen molar-refractivity contribution >= 4 is 22.7 Å². The molecule has 26 heavy (non-hydrogen) atoms. The Morgan fingerprint density at radius 2 is 2.08 bits per heavy atom. The van der Waals surface area contributed by atoms with Crippen molar-refractivity contribution in [1.82, 2.24) is 15.2 Å². The molecule has 5 nitrogen and oxygen atoms in total. The molecule has 0 bridgehead atoms. The molecule has 0 spiro atoms. The number of fused-ring (bicyclic) bond motifs is 1. The molecule has 2 aromatic rings. The van der Waals surface area contributed by atoms with E-state index in [2.05, 4.69) is 23.3 Å². The van der Waals surface area contributed by atoms with Gasteiger partial charge in [-0.15, -0.1) is 0 Å². The van der Waals surface area contributed by atoms with Crippen molar-refractivity contribution in [1.29, 1.82) is 0 Å². The molecule has 1 aliphatic heterocycles. The summed E-state index contributed by atoms with van der Waals surface area (Å²) in [5.74, 6) is 0.252. The van der Waals surface area contributed by atoms with Gasteiger partial charge in [0.15, 0.2) is 0 Å². The van der Waals surface area contributed by atoms with Crippen LogP contribution in [0.2, 0.25) is 0 Å². The van der Waals surface area contributed by atoms with Gasteiger partial charge in [-0.05, 0) is 50.7 Å². The molecular formula is C21H29N3O2. The molecule has 0 radical (unpaired) electrons. The van der Waals surface area contributed by atoms with E-state index in [1.165, 1.54) is 10.9 Å². The lowest BCUT2D eigenvalue weighted by Crippen LogP contribution is -2.52. The Kier molecular flexibility index (Phi) is 5.35. The van der Waals surface area contributed by atoms with Crippen molar-refractivity contribution in [3.05, 3.63) is 36.0 Å². The number of rotatable bonds is 5. The zero-order valence-electron chi connectivity index (χ0n) is 16.0. The zero-order valence-corrected chi connectivity index (χ0v) is 16.0. The van der Waals surface area contributed by atoms with E-state index in [0.29, 0.717) is 12.5 Å². The highest BCUT2D eigenvalue weighted by Crippen LogP contribution is 2.24. The van der Waals surface area contributed by atoms with Crippen LogP contribution in [0.25, 0.3) is 10.9 Å². The van der Waals surface area contributed by atoms with E-state index < -0.39 is 5.41 Å². The van der Waals surface area contributed by atoms with E-state index >= 15 is 0 Å². The fourth-order valence-corrected chi connectivity index (χ4v) is 3.74. The van der Waals surface area contributed by atoms with E-state index in [4.69, 9.17) is 0 Å². The molecule has 1 aliphatic rings. The van der Waals surface area contributed by atoms with Crippen LogP contribution in [0.4, 0.5) is 0 Å². The lowest BCUT2D eigenvalue weighted by atomic mass is 9.88. The van der Waals surface area contributed by atoms with Crippen LogP contribution in [0.1, 0.15) is 39.2 Å². The molecule has 1 fully saturated rings. The van der Waals surface area contributed by atoms with Gasteiger partial charge in [0.1, 0.15) is 5.41 Å². The molecule has 1 unspecified atom stereocenters. The number of likely N-dealkylation sites (tertiary alicyclic amines) is 1. The van der Waals surface area contributed by atoms with Crippen LogP contribution in [-0.2, 0) is 16.0 Å². The number of benzene rings is 1. The third-order valence-electron chi connectivity index (χ3n) is 5.40. The number of H-pyrrole nitrogens is 1. The number of aromatic amines is 1. The number of para-hydroxylation sites is 1. The molecule has 2 heterocycles. The molecule has 1 aromatic carbocycles. The van der Waals surface area contributed by atoms with E-state index in [9.17, 15) is 9.59 Å². The maximum atomic E-state index is 12.8.